The molecule has 1 N–H and O–H groups in total. The van der Waals surface area contributed by atoms with Crippen LogP contribution in [0.25, 0.3) is 0 Å². The summed E-state index contributed by atoms with van der Waals surface area (Å²) in [5, 5.41) is 3.05. The lowest BCUT2D eigenvalue weighted by molar-refractivity contribution is -0.142. The van der Waals surface area contributed by atoms with Crippen LogP contribution in [0.3, 0.4) is 0 Å². The Morgan fingerprint density at radius 2 is 1.69 bits per heavy atom. The van der Waals surface area contributed by atoms with Gasteiger partial charge in [0.05, 0.1) is 5.92 Å². The summed E-state index contributed by atoms with van der Waals surface area (Å²) in [7, 11) is 0. The molecule has 3 aliphatic rings. The highest BCUT2D eigenvalue weighted by atomic mass is 16.2. The Bertz CT molecular complexity index is 1130. The highest BCUT2D eigenvalue weighted by Crippen LogP contribution is 2.34. The maximum absolute atomic E-state index is 13.4. The van der Waals surface area contributed by atoms with Crippen LogP contribution in [0.1, 0.15) is 36.0 Å². The fraction of sp³-hybridized carbons (Fsp3) is 0.483. The number of benzene rings is 2. The quantitative estimate of drug-likeness (QED) is 0.699. The third kappa shape index (κ3) is 4.84. The summed E-state index contributed by atoms with van der Waals surface area (Å²) in [5.74, 6) is -0.291. The molecule has 2 aromatic carbocycles. The fourth-order valence-corrected chi connectivity index (χ4v) is 5.99. The molecule has 2 saturated heterocycles. The molecule has 5 rings (SSSR count). The largest absolute Gasteiger partial charge is 0.368 e. The molecule has 7 nitrogen and oxygen atoms in total. The van der Waals surface area contributed by atoms with E-state index in [1.54, 1.807) is 0 Å². The van der Waals surface area contributed by atoms with Gasteiger partial charge < -0.3 is 15.1 Å². The number of carbonyl (C=O) groups excluding carboxylic acids is 3. The van der Waals surface area contributed by atoms with Crippen molar-refractivity contribution in [1.29, 1.82) is 0 Å². The van der Waals surface area contributed by atoms with Gasteiger partial charge >= 0.3 is 6.03 Å². The lowest BCUT2D eigenvalue weighted by Crippen LogP contribution is -2.62. The lowest BCUT2D eigenvalue weighted by Gasteiger charge is -2.44. The zero-order valence-corrected chi connectivity index (χ0v) is 21.3. The number of fused-ring (bicyclic) bond motifs is 1. The standard InChI is InChI=1S/C29H36N4O3/c1-20-7-6-10-26(21(20)2)31-15-17-32(18-16-31)27(34)23-11-12-24-25(19-23)30-29(36)33(28(24)35)14-13-22-8-4-3-5-9-22/h3-10,23-25H,11-19H2,1-2H3,(H,30,36). The van der Waals surface area contributed by atoms with Crippen LogP contribution >= 0.6 is 0 Å². The SMILES string of the molecule is Cc1cccc(N2CCN(C(=O)C3CCC4C(=O)N(CCc5ccccc5)C(=O)NC4C3)CC2)c1C. The number of carbonyl (C=O) groups is 3. The van der Waals surface area contributed by atoms with Gasteiger partial charge in [0.25, 0.3) is 0 Å². The van der Waals surface area contributed by atoms with Gasteiger partial charge in [0.15, 0.2) is 0 Å². The predicted octanol–water partition coefficient (Wildman–Crippen LogP) is 3.53. The monoisotopic (exact) mass is 488 g/mol. The minimum Gasteiger partial charge on any atom is -0.368 e. The smallest absolute Gasteiger partial charge is 0.324 e. The molecule has 3 atom stereocenters. The molecule has 190 valence electrons. The van der Waals surface area contributed by atoms with E-state index < -0.39 is 0 Å². The fourth-order valence-electron chi connectivity index (χ4n) is 5.99. The van der Waals surface area contributed by atoms with Gasteiger partial charge in [-0.1, -0.05) is 42.5 Å². The van der Waals surface area contributed by atoms with Crippen molar-refractivity contribution in [3.05, 3.63) is 65.2 Å². The number of hydrogen-bond donors (Lipinski definition) is 1. The first-order chi connectivity index (χ1) is 17.4. The summed E-state index contributed by atoms with van der Waals surface area (Å²) >= 11 is 0. The molecule has 3 fully saturated rings. The molecule has 1 saturated carbocycles. The Morgan fingerprint density at radius 1 is 0.944 bits per heavy atom. The zero-order valence-electron chi connectivity index (χ0n) is 21.3. The molecule has 7 heteroatoms. The number of hydrogen-bond acceptors (Lipinski definition) is 4. The molecular formula is C29H36N4O3. The maximum atomic E-state index is 13.4. The van der Waals surface area contributed by atoms with Crippen LogP contribution in [-0.4, -0.2) is 66.4 Å². The van der Waals surface area contributed by atoms with Crippen LogP contribution in [0, 0.1) is 25.7 Å². The van der Waals surface area contributed by atoms with Crippen molar-refractivity contribution < 1.29 is 14.4 Å². The van der Waals surface area contributed by atoms with Crippen molar-refractivity contribution in [2.24, 2.45) is 11.8 Å². The third-order valence-corrected chi connectivity index (χ3v) is 8.31. The van der Waals surface area contributed by atoms with E-state index >= 15 is 0 Å². The number of amides is 4. The minimum atomic E-state index is -0.326. The van der Waals surface area contributed by atoms with Crippen molar-refractivity contribution in [2.45, 2.75) is 45.6 Å². The number of piperazine rings is 1. The van der Waals surface area contributed by atoms with E-state index in [1.165, 1.54) is 21.7 Å². The van der Waals surface area contributed by atoms with E-state index in [9.17, 15) is 14.4 Å². The summed E-state index contributed by atoms with van der Waals surface area (Å²) in [6, 6.07) is 15.7. The van der Waals surface area contributed by atoms with Gasteiger partial charge in [0.1, 0.15) is 0 Å². The molecule has 0 radical (unpaired) electrons. The second-order valence-electron chi connectivity index (χ2n) is 10.4. The van der Waals surface area contributed by atoms with E-state index in [4.69, 9.17) is 0 Å². The molecule has 0 aromatic heterocycles. The van der Waals surface area contributed by atoms with Crippen LogP contribution in [0.2, 0.25) is 0 Å². The number of urea groups is 1. The minimum absolute atomic E-state index is 0.0901. The summed E-state index contributed by atoms with van der Waals surface area (Å²) in [6.07, 6.45) is 2.53. The Kier molecular flexibility index (Phi) is 6.99. The molecule has 2 aliphatic heterocycles. The summed E-state index contributed by atoms with van der Waals surface area (Å²) in [4.78, 5) is 45.0. The maximum Gasteiger partial charge on any atom is 0.324 e. The van der Waals surface area contributed by atoms with E-state index in [0.29, 0.717) is 45.3 Å². The molecule has 1 aliphatic carbocycles. The van der Waals surface area contributed by atoms with Crippen LogP contribution in [-0.2, 0) is 16.0 Å². The number of nitrogens with zero attached hydrogens (tertiary/aromatic N) is 3. The number of imide groups is 1. The van der Waals surface area contributed by atoms with Crippen molar-refractivity contribution in [3.8, 4) is 0 Å². The Labute approximate surface area is 213 Å². The van der Waals surface area contributed by atoms with Crippen LogP contribution in [0.4, 0.5) is 10.5 Å². The van der Waals surface area contributed by atoms with E-state index in [1.807, 2.05) is 35.2 Å². The lowest BCUT2D eigenvalue weighted by atomic mass is 9.76. The summed E-state index contributed by atoms with van der Waals surface area (Å²) in [5.41, 5.74) is 4.94. The Hall–Kier alpha value is -3.35. The van der Waals surface area contributed by atoms with Gasteiger partial charge in [-0.3, -0.25) is 14.5 Å². The molecule has 0 spiro atoms. The molecule has 3 unspecified atom stereocenters. The zero-order chi connectivity index (χ0) is 25.2. The summed E-state index contributed by atoms with van der Waals surface area (Å²) < 4.78 is 0. The molecule has 2 heterocycles. The van der Waals surface area contributed by atoms with Crippen molar-refractivity contribution >= 4 is 23.5 Å². The average Bonchev–Trinajstić information content (AvgIpc) is 2.90. The van der Waals surface area contributed by atoms with E-state index in [0.717, 1.165) is 18.7 Å². The average molecular weight is 489 g/mol. The van der Waals surface area contributed by atoms with Gasteiger partial charge in [0.2, 0.25) is 11.8 Å². The number of rotatable bonds is 5. The predicted molar refractivity (Wildman–Crippen MR) is 140 cm³/mol. The third-order valence-electron chi connectivity index (χ3n) is 8.31. The second kappa shape index (κ2) is 10.3. The second-order valence-corrected chi connectivity index (χ2v) is 10.4. The Morgan fingerprint density at radius 3 is 2.44 bits per heavy atom. The van der Waals surface area contributed by atoms with Gasteiger partial charge in [-0.25, -0.2) is 4.79 Å². The molecule has 4 amide bonds. The van der Waals surface area contributed by atoms with Crippen LogP contribution in [0.5, 0.6) is 0 Å². The van der Waals surface area contributed by atoms with Crippen molar-refractivity contribution in [2.75, 3.05) is 37.6 Å². The molecular weight excluding hydrogens is 452 g/mol. The first-order valence-corrected chi connectivity index (χ1v) is 13.2. The van der Waals surface area contributed by atoms with E-state index in [2.05, 4.69) is 42.3 Å². The number of aryl methyl sites for hydroxylation is 1. The van der Waals surface area contributed by atoms with Crippen molar-refractivity contribution in [3.63, 3.8) is 0 Å². The first-order valence-electron chi connectivity index (χ1n) is 13.2. The van der Waals surface area contributed by atoms with Gasteiger partial charge in [-0.2, -0.15) is 0 Å². The van der Waals surface area contributed by atoms with Gasteiger partial charge in [-0.05, 0) is 62.3 Å². The van der Waals surface area contributed by atoms with Crippen molar-refractivity contribution in [1.82, 2.24) is 15.1 Å². The molecule has 2 aromatic rings. The van der Waals surface area contributed by atoms with Gasteiger partial charge in [-0.15, -0.1) is 0 Å². The highest BCUT2D eigenvalue weighted by molar-refractivity contribution is 5.99. The highest BCUT2D eigenvalue weighted by Gasteiger charge is 2.46. The molecule has 0 bridgehead atoms. The Balaban J connectivity index is 1.15. The first kappa shape index (κ1) is 24.3. The van der Waals surface area contributed by atoms with Crippen LogP contribution in [0.15, 0.2) is 48.5 Å². The number of nitrogens with one attached hydrogen (secondary N) is 1. The molecule has 36 heavy (non-hydrogen) atoms. The topological polar surface area (TPSA) is 73.0 Å². The van der Waals surface area contributed by atoms with E-state index in [-0.39, 0.29) is 35.7 Å². The number of anilines is 1. The summed E-state index contributed by atoms with van der Waals surface area (Å²) in [6.45, 7) is 7.71. The normalized spacial score (nSPS) is 24.4. The van der Waals surface area contributed by atoms with Crippen LogP contribution < -0.4 is 10.2 Å². The van der Waals surface area contributed by atoms with Gasteiger partial charge in [0, 0.05) is 50.4 Å².